The summed E-state index contributed by atoms with van der Waals surface area (Å²) in [7, 11) is 0. The molecule has 0 aromatic carbocycles. The van der Waals surface area contributed by atoms with Gasteiger partial charge in [0.15, 0.2) is 0 Å². The van der Waals surface area contributed by atoms with Gasteiger partial charge in [-0.2, -0.15) is 0 Å². The summed E-state index contributed by atoms with van der Waals surface area (Å²) in [6.07, 6.45) is 5.82. The molecule has 0 unspecified atom stereocenters. The van der Waals surface area contributed by atoms with E-state index in [9.17, 15) is 0 Å². The number of nitrogens with zero attached hydrogens (tertiary/aromatic N) is 2. The predicted molar refractivity (Wildman–Crippen MR) is 74.3 cm³/mol. The first kappa shape index (κ1) is 17.1. The van der Waals surface area contributed by atoms with E-state index in [2.05, 4.69) is 30.6 Å². The van der Waals surface area contributed by atoms with Crippen molar-refractivity contribution in [3.05, 3.63) is 0 Å². The summed E-state index contributed by atoms with van der Waals surface area (Å²) in [6.45, 7) is 13.6. The normalized spacial score (nSPS) is 25.3. The SMILES string of the molecule is CCN1CCC(C2CCN(C(C)C)CC2)CC1.[Y]. The van der Waals surface area contributed by atoms with E-state index in [1.165, 1.54) is 58.4 Å². The van der Waals surface area contributed by atoms with Gasteiger partial charge in [0.25, 0.3) is 0 Å². The van der Waals surface area contributed by atoms with Crippen molar-refractivity contribution in [1.82, 2.24) is 9.80 Å². The molecule has 2 nitrogen and oxygen atoms in total. The molecule has 0 spiro atoms. The molecule has 0 amide bonds. The van der Waals surface area contributed by atoms with Crippen molar-refractivity contribution in [2.24, 2.45) is 11.8 Å². The van der Waals surface area contributed by atoms with Crippen LogP contribution in [0.1, 0.15) is 46.5 Å². The van der Waals surface area contributed by atoms with Crippen molar-refractivity contribution in [2.75, 3.05) is 32.7 Å². The second kappa shape index (κ2) is 8.34. The van der Waals surface area contributed by atoms with E-state index in [0.717, 1.165) is 17.9 Å². The number of piperidine rings is 2. The molecule has 18 heavy (non-hydrogen) atoms. The molecule has 0 N–H and O–H groups in total. The van der Waals surface area contributed by atoms with E-state index in [1.54, 1.807) is 0 Å². The predicted octanol–water partition coefficient (Wildman–Crippen LogP) is 2.84. The molecule has 0 aromatic heterocycles. The minimum Gasteiger partial charge on any atom is -0.304 e. The number of likely N-dealkylation sites (tertiary alicyclic amines) is 2. The zero-order chi connectivity index (χ0) is 12.3. The van der Waals surface area contributed by atoms with Crippen LogP contribution in [0, 0.1) is 11.8 Å². The molecule has 2 fully saturated rings. The maximum atomic E-state index is 2.65. The average Bonchev–Trinajstić information content (AvgIpc) is 2.39. The summed E-state index contributed by atoms with van der Waals surface area (Å²) in [4.78, 5) is 5.26. The van der Waals surface area contributed by atoms with Gasteiger partial charge in [0.1, 0.15) is 0 Å². The summed E-state index contributed by atoms with van der Waals surface area (Å²) < 4.78 is 0. The van der Waals surface area contributed by atoms with Crippen LogP contribution in [0.4, 0.5) is 0 Å². The monoisotopic (exact) mass is 327 g/mol. The molecule has 2 aliphatic heterocycles. The summed E-state index contributed by atoms with van der Waals surface area (Å²) in [5.41, 5.74) is 0. The van der Waals surface area contributed by atoms with Crippen LogP contribution in [-0.4, -0.2) is 48.6 Å². The first-order valence-corrected chi connectivity index (χ1v) is 7.67. The maximum Gasteiger partial charge on any atom is 0.00385 e. The molecule has 2 rings (SSSR count). The van der Waals surface area contributed by atoms with Gasteiger partial charge >= 0.3 is 0 Å². The molecule has 0 atom stereocenters. The van der Waals surface area contributed by atoms with Gasteiger partial charge in [-0.3, -0.25) is 0 Å². The largest absolute Gasteiger partial charge is 0.304 e. The van der Waals surface area contributed by atoms with Gasteiger partial charge in [-0.25, -0.2) is 0 Å². The third kappa shape index (κ3) is 4.54. The van der Waals surface area contributed by atoms with Crippen molar-refractivity contribution in [1.29, 1.82) is 0 Å². The van der Waals surface area contributed by atoms with Crippen LogP contribution in [0.3, 0.4) is 0 Å². The third-order valence-electron chi connectivity index (χ3n) is 5.05. The van der Waals surface area contributed by atoms with Crippen LogP contribution >= 0.6 is 0 Å². The van der Waals surface area contributed by atoms with Crippen molar-refractivity contribution >= 4 is 0 Å². The molecule has 1 radical (unpaired) electrons. The quantitative estimate of drug-likeness (QED) is 0.786. The van der Waals surface area contributed by atoms with E-state index in [1.807, 2.05) is 0 Å². The Morgan fingerprint density at radius 2 is 1.33 bits per heavy atom. The van der Waals surface area contributed by atoms with Gasteiger partial charge in [-0.05, 0) is 84.1 Å². The van der Waals surface area contributed by atoms with E-state index >= 15 is 0 Å². The Bertz CT molecular complexity index is 217. The molecule has 2 heterocycles. The molecule has 0 bridgehead atoms. The summed E-state index contributed by atoms with van der Waals surface area (Å²) in [5, 5.41) is 0. The van der Waals surface area contributed by atoms with Gasteiger partial charge in [0.2, 0.25) is 0 Å². The molecule has 0 aliphatic carbocycles. The Morgan fingerprint density at radius 3 is 1.72 bits per heavy atom. The molecule has 103 valence electrons. The molecule has 2 aliphatic rings. The second-order valence-corrected chi connectivity index (χ2v) is 6.24. The van der Waals surface area contributed by atoms with E-state index in [-0.39, 0.29) is 32.7 Å². The number of rotatable bonds is 3. The van der Waals surface area contributed by atoms with Crippen LogP contribution in [0.15, 0.2) is 0 Å². The fourth-order valence-electron chi connectivity index (χ4n) is 3.65. The van der Waals surface area contributed by atoms with Crippen LogP contribution in [0.5, 0.6) is 0 Å². The fourth-order valence-corrected chi connectivity index (χ4v) is 3.65. The molecule has 0 saturated carbocycles. The van der Waals surface area contributed by atoms with E-state index < -0.39 is 0 Å². The number of hydrogen-bond acceptors (Lipinski definition) is 2. The average molecular weight is 327 g/mol. The Kier molecular flexibility index (Phi) is 7.91. The maximum absolute atomic E-state index is 2.65. The van der Waals surface area contributed by atoms with E-state index in [4.69, 9.17) is 0 Å². The molecular weight excluding hydrogens is 297 g/mol. The third-order valence-corrected chi connectivity index (χ3v) is 5.05. The fraction of sp³-hybridized carbons (Fsp3) is 1.00. The van der Waals surface area contributed by atoms with Gasteiger partial charge in [-0.1, -0.05) is 6.92 Å². The van der Waals surface area contributed by atoms with Crippen molar-refractivity contribution < 1.29 is 32.7 Å². The zero-order valence-electron chi connectivity index (χ0n) is 12.6. The Balaban J connectivity index is 0.00000162. The standard InChI is InChI=1S/C15H30N2.Y/c1-4-16-9-5-14(6-10-16)15-7-11-17(12-8-15)13(2)3;/h13-15H,4-12H2,1-3H3;. The molecule has 2 saturated heterocycles. The van der Waals surface area contributed by atoms with Gasteiger partial charge < -0.3 is 9.80 Å². The summed E-state index contributed by atoms with van der Waals surface area (Å²) in [6, 6.07) is 0.748. The Morgan fingerprint density at radius 1 is 0.889 bits per heavy atom. The number of hydrogen-bond donors (Lipinski definition) is 0. The van der Waals surface area contributed by atoms with Crippen LogP contribution in [-0.2, 0) is 32.7 Å². The first-order valence-electron chi connectivity index (χ1n) is 7.67. The van der Waals surface area contributed by atoms with Gasteiger partial charge in [-0.15, -0.1) is 0 Å². The second-order valence-electron chi connectivity index (χ2n) is 6.24. The zero-order valence-corrected chi connectivity index (χ0v) is 15.4. The van der Waals surface area contributed by atoms with Crippen molar-refractivity contribution in [2.45, 2.75) is 52.5 Å². The van der Waals surface area contributed by atoms with Crippen molar-refractivity contribution in [3.63, 3.8) is 0 Å². The minimum atomic E-state index is 0. The van der Waals surface area contributed by atoms with E-state index in [0.29, 0.717) is 0 Å². The molecule has 0 aromatic rings. The van der Waals surface area contributed by atoms with Crippen LogP contribution < -0.4 is 0 Å². The van der Waals surface area contributed by atoms with Gasteiger partial charge in [0, 0.05) is 38.8 Å². The Labute approximate surface area is 139 Å². The Hall–Kier alpha value is 1.02. The minimum absolute atomic E-state index is 0. The topological polar surface area (TPSA) is 6.48 Å². The summed E-state index contributed by atoms with van der Waals surface area (Å²) >= 11 is 0. The van der Waals surface area contributed by atoms with Gasteiger partial charge in [0.05, 0.1) is 0 Å². The first-order chi connectivity index (χ1) is 8.20. The molecular formula is C15H30N2Y. The van der Waals surface area contributed by atoms with Crippen LogP contribution in [0.2, 0.25) is 0 Å². The smallest absolute Gasteiger partial charge is 0.00385 e. The van der Waals surface area contributed by atoms with Crippen LogP contribution in [0.25, 0.3) is 0 Å². The summed E-state index contributed by atoms with van der Waals surface area (Å²) in [5.74, 6) is 2.07. The molecule has 3 heteroatoms. The van der Waals surface area contributed by atoms with Crippen molar-refractivity contribution in [3.8, 4) is 0 Å².